The molecule has 0 unspecified atom stereocenters. The Kier molecular flexibility index (Phi) is 6.05. The molecule has 134 valence electrons. The summed E-state index contributed by atoms with van der Waals surface area (Å²) in [6.07, 6.45) is 2.85. The summed E-state index contributed by atoms with van der Waals surface area (Å²) in [6.45, 7) is 1.37. The molecule has 2 aromatic rings. The lowest BCUT2D eigenvalue weighted by atomic mass is 10.2. The second kappa shape index (κ2) is 8.43. The maximum absolute atomic E-state index is 12.0. The summed E-state index contributed by atoms with van der Waals surface area (Å²) < 4.78 is 5.15. The van der Waals surface area contributed by atoms with Crippen molar-refractivity contribution in [3.05, 3.63) is 64.2 Å². The lowest BCUT2D eigenvalue weighted by Gasteiger charge is -2.11. The van der Waals surface area contributed by atoms with Gasteiger partial charge in [0.25, 0.3) is 5.69 Å². The smallest absolute Gasteiger partial charge is 0.269 e. The van der Waals surface area contributed by atoms with Gasteiger partial charge in [-0.1, -0.05) is 0 Å². The van der Waals surface area contributed by atoms with Gasteiger partial charge in [-0.05, 0) is 42.0 Å². The van der Waals surface area contributed by atoms with E-state index in [4.69, 9.17) is 4.74 Å². The Morgan fingerprint density at radius 3 is 2.38 bits per heavy atom. The van der Waals surface area contributed by atoms with Gasteiger partial charge in [0.2, 0.25) is 11.8 Å². The highest BCUT2D eigenvalue weighted by Gasteiger charge is 2.07. The van der Waals surface area contributed by atoms with E-state index in [9.17, 15) is 19.7 Å². The topological polar surface area (TPSA) is 111 Å². The Morgan fingerprint density at radius 1 is 1.12 bits per heavy atom. The van der Waals surface area contributed by atoms with E-state index in [-0.39, 0.29) is 17.5 Å². The van der Waals surface area contributed by atoms with Crippen LogP contribution in [0.1, 0.15) is 12.5 Å². The Labute approximate surface area is 149 Å². The number of nitrogens with one attached hydrogen (secondary N) is 2. The quantitative estimate of drug-likeness (QED) is 0.469. The van der Waals surface area contributed by atoms with Crippen molar-refractivity contribution in [2.24, 2.45) is 0 Å². The van der Waals surface area contributed by atoms with Gasteiger partial charge in [0.15, 0.2) is 0 Å². The van der Waals surface area contributed by atoms with Crippen LogP contribution in [-0.4, -0.2) is 23.8 Å². The summed E-state index contributed by atoms with van der Waals surface area (Å²) in [5, 5.41) is 15.9. The molecule has 0 saturated carbocycles. The van der Waals surface area contributed by atoms with Crippen LogP contribution >= 0.6 is 0 Å². The largest absolute Gasteiger partial charge is 0.495 e. The predicted molar refractivity (Wildman–Crippen MR) is 98.1 cm³/mol. The monoisotopic (exact) mass is 355 g/mol. The zero-order valence-electron chi connectivity index (χ0n) is 14.2. The number of nitrogens with zero attached hydrogens (tertiary/aromatic N) is 1. The van der Waals surface area contributed by atoms with Crippen LogP contribution in [0.2, 0.25) is 0 Å². The number of nitro groups is 1. The molecule has 2 amide bonds. The maximum atomic E-state index is 12.0. The first-order valence-electron chi connectivity index (χ1n) is 7.58. The SMILES string of the molecule is COc1ccc(NC(=O)/C=C/c2ccc([N+](=O)[O-])cc2)cc1NC(C)=O. The average Bonchev–Trinajstić information content (AvgIpc) is 2.60. The number of hydrogen-bond donors (Lipinski definition) is 2. The van der Waals surface area contributed by atoms with Crippen LogP contribution in [0.3, 0.4) is 0 Å². The minimum atomic E-state index is -0.490. The Morgan fingerprint density at radius 2 is 1.81 bits per heavy atom. The van der Waals surface area contributed by atoms with Crippen molar-refractivity contribution >= 4 is 35.0 Å². The third kappa shape index (κ3) is 5.17. The van der Waals surface area contributed by atoms with Crippen LogP contribution in [0.5, 0.6) is 5.75 Å². The first-order chi connectivity index (χ1) is 12.4. The van der Waals surface area contributed by atoms with E-state index in [0.29, 0.717) is 22.7 Å². The van der Waals surface area contributed by atoms with Crippen molar-refractivity contribution < 1.29 is 19.2 Å². The van der Waals surface area contributed by atoms with E-state index in [1.54, 1.807) is 30.3 Å². The van der Waals surface area contributed by atoms with Crippen molar-refractivity contribution in [3.8, 4) is 5.75 Å². The molecule has 0 atom stereocenters. The van der Waals surface area contributed by atoms with E-state index < -0.39 is 4.92 Å². The van der Waals surface area contributed by atoms with E-state index >= 15 is 0 Å². The lowest BCUT2D eigenvalue weighted by Crippen LogP contribution is -2.10. The summed E-state index contributed by atoms with van der Waals surface area (Å²) >= 11 is 0. The number of nitro benzene ring substituents is 1. The fourth-order valence-electron chi connectivity index (χ4n) is 2.14. The highest BCUT2D eigenvalue weighted by Crippen LogP contribution is 2.27. The predicted octanol–water partition coefficient (Wildman–Crippen LogP) is 3.21. The number of ether oxygens (including phenoxy) is 1. The fourth-order valence-corrected chi connectivity index (χ4v) is 2.14. The number of carbonyl (C=O) groups is 2. The molecule has 0 radical (unpaired) electrons. The molecule has 0 saturated heterocycles. The number of rotatable bonds is 6. The summed E-state index contributed by atoms with van der Waals surface area (Å²) in [5.74, 6) is -0.174. The van der Waals surface area contributed by atoms with E-state index in [1.165, 1.54) is 38.3 Å². The number of methoxy groups -OCH3 is 1. The van der Waals surface area contributed by atoms with E-state index in [1.807, 2.05) is 0 Å². The highest BCUT2D eigenvalue weighted by molar-refractivity contribution is 6.02. The van der Waals surface area contributed by atoms with Crippen molar-refractivity contribution in [1.29, 1.82) is 0 Å². The van der Waals surface area contributed by atoms with Gasteiger partial charge in [-0.2, -0.15) is 0 Å². The second-order valence-corrected chi connectivity index (χ2v) is 5.27. The zero-order valence-corrected chi connectivity index (χ0v) is 14.2. The first-order valence-corrected chi connectivity index (χ1v) is 7.58. The third-order valence-corrected chi connectivity index (χ3v) is 3.31. The van der Waals surface area contributed by atoms with Crippen LogP contribution in [0, 0.1) is 10.1 Å². The lowest BCUT2D eigenvalue weighted by molar-refractivity contribution is -0.384. The molecule has 0 aliphatic carbocycles. The molecule has 0 fully saturated rings. The standard InChI is InChI=1S/C18H17N3O5/c1-12(22)19-16-11-14(6-9-17(16)26-2)20-18(23)10-5-13-3-7-15(8-4-13)21(24)25/h3-11H,1-2H3,(H,19,22)(H,20,23)/b10-5+. The van der Waals surface area contributed by atoms with Gasteiger partial charge in [0.05, 0.1) is 17.7 Å². The normalized spacial score (nSPS) is 10.4. The molecule has 8 nitrogen and oxygen atoms in total. The Bertz CT molecular complexity index is 860. The van der Waals surface area contributed by atoms with Crippen LogP contribution in [0.4, 0.5) is 17.1 Å². The fraction of sp³-hybridized carbons (Fsp3) is 0.111. The highest BCUT2D eigenvalue weighted by atomic mass is 16.6. The summed E-state index contributed by atoms with van der Waals surface area (Å²) in [4.78, 5) is 33.4. The minimum Gasteiger partial charge on any atom is -0.495 e. The van der Waals surface area contributed by atoms with Crippen LogP contribution in [-0.2, 0) is 9.59 Å². The molecular weight excluding hydrogens is 338 g/mol. The van der Waals surface area contributed by atoms with Gasteiger partial charge in [-0.15, -0.1) is 0 Å². The van der Waals surface area contributed by atoms with Gasteiger partial charge >= 0.3 is 0 Å². The van der Waals surface area contributed by atoms with Gasteiger partial charge < -0.3 is 15.4 Å². The number of amides is 2. The zero-order chi connectivity index (χ0) is 19.1. The Balaban J connectivity index is 2.07. The van der Waals surface area contributed by atoms with Crippen LogP contribution in [0.25, 0.3) is 6.08 Å². The first kappa shape index (κ1) is 18.7. The molecule has 0 aliphatic heterocycles. The van der Waals surface area contributed by atoms with Crippen molar-refractivity contribution in [3.63, 3.8) is 0 Å². The molecule has 0 bridgehead atoms. The van der Waals surface area contributed by atoms with Crippen LogP contribution < -0.4 is 15.4 Å². The van der Waals surface area contributed by atoms with E-state index in [0.717, 1.165) is 0 Å². The molecule has 26 heavy (non-hydrogen) atoms. The molecule has 2 rings (SSSR count). The van der Waals surface area contributed by atoms with Gasteiger partial charge in [-0.25, -0.2) is 0 Å². The van der Waals surface area contributed by atoms with Crippen molar-refractivity contribution in [2.75, 3.05) is 17.7 Å². The number of non-ortho nitro benzene ring substituents is 1. The third-order valence-electron chi connectivity index (χ3n) is 3.31. The molecule has 0 spiro atoms. The number of carbonyl (C=O) groups excluding carboxylic acids is 2. The molecule has 2 aromatic carbocycles. The second-order valence-electron chi connectivity index (χ2n) is 5.27. The summed E-state index contributed by atoms with van der Waals surface area (Å²) in [6, 6.07) is 10.7. The molecule has 0 heterocycles. The summed E-state index contributed by atoms with van der Waals surface area (Å²) in [7, 11) is 1.48. The number of benzene rings is 2. The van der Waals surface area contributed by atoms with E-state index in [2.05, 4.69) is 10.6 Å². The van der Waals surface area contributed by atoms with Gasteiger partial charge in [0.1, 0.15) is 5.75 Å². The molecule has 8 heteroatoms. The molecular formula is C18H17N3O5. The van der Waals surface area contributed by atoms with Crippen molar-refractivity contribution in [1.82, 2.24) is 0 Å². The molecule has 0 aliphatic rings. The van der Waals surface area contributed by atoms with Crippen LogP contribution in [0.15, 0.2) is 48.5 Å². The summed E-state index contributed by atoms with van der Waals surface area (Å²) in [5.41, 5.74) is 1.56. The van der Waals surface area contributed by atoms with Gasteiger partial charge in [0, 0.05) is 30.8 Å². The maximum Gasteiger partial charge on any atom is 0.269 e. The number of hydrogen-bond acceptors (Lipinski definition) is 5. The minimum absolute atomic E-state index is 0.0182. The van der Waals surface area contributed by atoms with Crippen molar-refractivity contribution in [2.45, 2.75) is 6.92 Å². The molecule has 0 aromatic heterocycles. The number of anilines is 2. The Hall–Kier alpha value is -3.68. The van der Waals surface area contributed by atoms with Gasteiger partial charge in [-0.3, -0.25) is 19.7 Å². The average molecular weight is 355 g/mol. The molecule has 2 N–H and O–H groups in total.